The fourth-order valence-corrected chi connectivity index (χ4v) is 4.86. The summed E-state index contributed by atoms with van der Waals surface area (Å²) in [6.07, 6.45) is 4.27. The second-order valence-corrected chi connectivity index (χ2v) is 9.24. The average molecular weight is 373 g/mol. The molecule has 4 N–H and O–H groups in total. The number of esters is 1. The summed E-state index contributed by atoms with van der Waals surface area (Å²) in [6.45, 7) is 5.55. The molecule has 0 bridgehead atoms. The lowest BCUT2D eigenvalue weighted by Gasteiger charge is -2.35. The van der Waals surface area contributed by atoms with Crippen LogP contribution in [0.4, 0.5) is 0 Å². The second-order valence-electron chi connectivity index (χ2n) is 9.24. The first kappa shape index (κ1) is 19.9. The predicted molar refractivity (Wildman–Crippen MR) is 105 cm³/mol. The van der Waals surface area contributed by atoms with Gasteiger partial charge in [-0.1, -0.05) is 30.3 Å². The molecule has 1 aromatic rings. The van der Waals surface area contributed by atoms with E-state index < -0.39 is 17.1 Å². The van der Waals surface area contributed by atoms with E-state index >= 15 is 0 Å². The van der Waals surface area contributed by atoms with Gasteiger partial charge in [0.1, 0.15) is 11.6 Å². The quantitative estimate of drug-likeness (QED) is 0.776. The lowest BCUT2D eigenvalue weighted by Crippen LogP contribution is -2.45. The molecule has 0 spiro atoms. The summed E-state index contributed by atoms with van der Waals surface area (Å²) >= 11 is 0. The van der Waals surface area contributed by atoms with Crippen LogP contribution in [0.1, 0.15) is 64.4 Å². The van der Waals surface area contributed by atoms with E-state index in [1.54, 1.807) is 0 Å². The Kier molecular flexibility index (Phi) is 5.35. The van der Waals surface area contributed by atoms with Crippen LogP contribution in [0.25, 0.3) is 0 Å². The molecule has 5 nitrogen and oxygen atoms in total. The van der Waals surface area contributed by atoms with Crippen LogP contribution in [0, 0.1) is 17.3 Å². The Labute approximate surface area is 161 Å². The molecule has 148 valence electrons. The van der Waals surface area contributed by atoms with Crippen LogP contribution in [-0.2, 0) is 14.3 Å². The van der Waals surface area contributed by atoms with Gasteiger partial charge in [-0.05, 0) is 76.2 Å². The molecule has 0 aromatic heterocycles. The van der Waals surface area contributed by atoms with E-state index in [0.29, 0.717) is 0 Å². The number of carbonyl (C=O) groups excluding carboxylic acids is 2. The van der Waals surface area contributed by atoms with Gasteiger partial charge in [-0.3, -0.25) is 9.59 Å². The Morgan fingerprint density at radius 1 is 1.11 bits per heavy atom. The molecule has 0 saturated heterocycles. The molecule has 27 heavy (non-hydrogen) atoms. The normalized spacial score (nSPS) is 31.8. The third-order valence-corrected chi connectivity index (χ3v) is 6.35. The summed E-state index contributed by atoms with van der Waals surface area (Å²) in [6, 6.07) is 9.57. The fraction of sp³-hybridized carbons (Fsp3) is 0.636. The van der Waals surface area contributed by atoms with Crippen molar-refractivity contribution < 1.29 is 14.3 Å². The summed E-state index contributed by atoms with van der Waals surface area (Å²) in [4.78, 5) is 24.6. The van der Waals surface area contributed by atoms with Gasteiger partial charge in [0.2, 0.25) is 5.91 Å². The summed E-state index contributed by atoms with van der Waals surface area (Å²) in [7, 11) is 0. The van der Waals surface area contributed by atoms with Gasteiger partial charge in [0.25, 0.3) is 0 Å². The van der Waals surface area contributed by atoms with Crippen LogP contribution >= 0.6 is 0 Å². The predicted octanol–water partition coefficient (Wildman–Crippen LogP) is 3.12. The van der Waals surface area contributed by atoms with E-state index in [9.17, 15) is 9.59 Å². The highest BCUT2D eigenvalue weighted by Gasteiger charge is 2.63. The molecule has 0 heterocycles. The minimum absolute atomic E-state index is 0.106. The summed E-state index contributed by atoms with van der Waals surface area (Å²) in [5.74, 6) is 0.0786. The molecule has 0 aliphatic heterocycles. The van der Waals surface area contributed by atoms with Crippen LogP contribution < -0.4 is 11.5 Å². The number of rotatable bonds is 5. The van der Waals surface area contributed by atoms with Gasteiger partial charge in [0.15, 0.2) is 0 Å². The average Bonchev–Trinajstić information content (AvgIpc) is 3.38. The van der Waals surface area contributed by atoms with E-state index in [0.717, 1.165) is 32.1 Å². The SMILES string of the molecule is CC(C)(C)OC(=O)C(N)C1CCC(C2(C(N)=O)CC2c2ccccc2)CC1. The fourth-order valence-electron chi connectivity index (χ4n) is 4.86. The van der Waals surface area contributed by atoms with E-state index in [-0.39, 0.29) is 29.6 Å². The highest BCUT2D eigenvalue weighted by molar-refractivity contribution is 5.86. The molecule has 1 aromatic carbocycles. The Morgan fingerprint density at radius 3 is 2.22 bits per heavy atom. The Morgan fingerprint density at radius 2 is 1.70 bits per heavy atom. The van der Waals surface area contributed by atoms with Crippen molar-refractivity contribution in [1.82, 2.24) is 0 Å². The number of primary amides is 1. The molecule has 3 rings (SSSR count). The zero-order valence-corrected chi connectivity index (χ0v) is 16.6. The lowest BCUT2D eigenvalue weighted by atomic mass is 9.70. The molecular formula is C22H32N2O3. The van der Waals surface area contributed by atoms with Crippen LogP contribution in [0.5, 0.6) is 0 Å². The standard InChI is InChI=1S/C22H32N2O3/c1-21(2,3)27-19(25)18(23)15-9-11-16(12-10-15)22(20(24)26)13-17(22)14-7-5-4-6-8-14/h4-8,15-18H,9-13,23H2,1-3H3,(H2,24,26). The van der Waals surface area contributed by atoms with Gasteiger partial charge < -0.3 is 16.2 Å². The van der Waals surface area contributed by atoms with Crippen molar-refractivity contribution in [1.29, 1.82) is 0 Å². The topological polar surface area (TPSA) is 95.4 Å². The van der Waals surface area contributed by atoms with Crippen molar-refractivity contribution in [2.75, 3.05) is 0 Å². The van der Waals surface area contributed by atoms with Gasteiger partial charge in [0.05, 0.1) is 5.41 Å². The maximum absolute atomic E-state index is 12.4. The first-order valence-electron chi connectivity index (χ1n) is 9.98. The zero-order valence-electron chi connectivity index (χ0n) is 16.6. The first-order valence-corrected chi connectivity index (χ1v) is 9.98. The molecule has 3 atom stereocenters. The van der Waals surface area contributed by atoms with Crippen molar-refractivity contribution in [2.24, 2.45) is 28.7 Å². The van der Waals surface area contributed by atoms with Crippen LogP contribution in [0.15, 0.2) is 30.3 Å². The minimum atomic E-state index is -0.598. The number of hydrogen-bond acceptors (Lipinski definition) is 4. The molecule has 2 saturated carbocycles. The molecule has 0 radical (unpaired) electrons. The van der Waals surface area contributed by atoms with E-state index in [1.807, 2.05) is 39.0 Å². The van der Waals surface area contributed by atoms with E-state index in [4.69, 9.17) is 16.2 Å². The maximum atomic E-state index is 12.4. The van der Waals surface area contributed by atoms with Crippen LogP contribution in [0.2, 0.25) is 0 Å². The third-order valence-electron chi connectivity index (χ3n) is 6.35. The van der Waals surface area contributed by atoms with Gasteiger partial charge in [-0.15, -0.1) is 0 Å². The van der Waals surface area contributed by atoms with Crippen molar-refractivity contribution in [3.8, 4) is 0 Å². The molecule has 2 aliphatic carbocycles. The summed E-state index contributed by atoms with van der Waals surface area (Å²) in [5.41, 5.74) is 12.3. The van der Waals surface area contributed by atoms with Crippen molar-refractivity contribution in [3.05, 3.63) is 35.9 Å². The Bertz CT molecular complexity index is 689. The lowest BCUT2D eigenvalue weighted by molar-refractivity contribution is -0.158. The van der Waals surface area contributed by atoms with E-state index in [1.165, 1.54) is 5.56 Å². The first-order chi connectivity index (χ1) is 12.6. The number of amides is 1. The third kappa shape index (κ3) is 4.03. The molecule has 2 fully saturated rings. The number of ether oxygens (including phenoxy) is 1. The maximum Gasteiger partial charge on any atom is 0.323 e. The summed E-state index contributed by atoms with van der Waals surface area (Å²) in [5, 5.41) is 0. The number of benzene rings is 1. The largest absolute Gasteiger partial charge is 0.459 e. The molecule has 1 amide bonds. The van der Waals surface area contributed by atoms with Crippen LogP contribution in [0.3, 0.4) is 0 Å². The van der Waals surface area contributed by atoms with Gasteiger partial charge in [-0.2, -0.15) is 0 Å². The van der Waals surface area contributed by atoms with Crippen molar-refractivity contribution >= 4 is 11.9 Å². The number of nitrogens with two attached hydrogens (primary N) is 2. The smallest absolute Gasteiger partial charge is 0.323 e. The van der Waals surface area contributed by atoms with Crippen LogP contribution in [-0.4, -0.2) is 23.5 Å². The molecule has 5 heteroatoms. The highest BCUT2D eigenvalue weighted by atomic mass is 16.6. The molecule has 2 aliphatic rings. The van der Waals surface area contributed by atoms with E-state index in [2.05, 4.69) is 12.1 Å². The Hall–Kier alpha value is -1.88. The van der Waals surface area contributed by atoms with Gasteiger partial charge in [-0.25, -0.2) is 0 Å². The van der Waals surface area contributed by atoms with Gasteiger partial charge >= 0.3 is 5.97 Å². The number of carbonyl (C=O) groups is 2. The van der Waals surface area contributed by atoms with Gasteiger partial charge in [0, 0.05) is 0 Å². The second kappa shape index (κ2) is 7.27. The van der Waals surface area contributed by atoms with Crippen molar-refractivity contribution in [3.63, 3.8) is 0 Å². The monoisotopic (exact) mass is 372 g/mol. The zero-order chi connectivity index (χ0) is 19.8. The molecule has 3 unspecified atom stereocenters. The number of hydrogen-bond donors (Lipinski definition) is 2. The minimum Gasteiger partial charge on any atom is -0.459 e. The highest BCUT2D eigenvalue weighted by Crippen LogP contribution is 2.66. The van der Waals surface area contributed by atoms with Crippen molar-refractivity contribution in [2.45, 2.75) is 70.4 Å². The Balaban J connectivity index is 1.63. The molecular weight excluding hydrogens is 340 g/mol. The summed E-state index contributed by atoms with van der Waals surface area (Å²) < 4.78 is 5.43.